The fourth-order valence-electron chi connectivity index (χ4n) is 3.12. The molecule has 0 aliphatic rings. The highest BCUT2D eigenvalue weighted by molar-refractivity contribution is 7.99. The normalized spacial score (nSPS) is 10.9. The molecular formula is C25H29N5O4S. The molecule has 0 saturated heterocycles. The fraction of sp³-hybridized carbons (Fsp3) is 0.280. The summed E-state index contributed by atoms with van der Waals surface area (Å²) in [5.74, 6) is 1.57. The number of hydrogen-bond acceptors (Lipinski definition) is 7. The highest BCUT2D eigenvalue weighted by Crippen LogP contribution is 2.28. The van der Waals surface area contributed by atoms with Crippen LogP contribution < -0.4 is 20.1 Å². The first kappa shape index (κ1) is 25.8. The van der Waals surface area contributed by atoms with Gasteiger partial charge in [-0.25, -0.2) is 0 Å². The Labute approximate surface area is 208 Å². The maximum Gasteiger partial charge on any atom is 0.244 e. The smallest absolute Gasteiger partial charge is 0.244 e. The largest absolute Gasteiger partial charge is 0.493 e. The number of carbonyl (C=O) groups excluding carboxylic acids is 2. The Morgan fingerprint density at radius 2 is 1.80 bits per heavy atom. The van der Waals surface area contributed by atoms with Gasteiger partial charge in [-0.2, -0.15) is 0 Å². The second-order valence-corrected chi connectivity index (χ2v) is 8.70. The van der Waals surface area contributed by atoms with Crippen molar-refractivity contribution >= 4 is 35.3 Å². The third kappa shape index (κ3) is 7.10. The predicted octanol–water partition coefficient (Wildman–Crippen LogP) is 3.51. The van der Waals surface area contributed by atoms with Gasteiger partial charge in [-0.05, 0) is 60.9 Å². The van der Waals surface area contributed by atoms with E-state index in [1.807, 2.05) is 38.1 Å². The first-order chi connectivity index (χ1) is 16.8. The van der Waals surface area contributed by atoms with Crippen molar-refractivity contribution in [2.45, 2.75) is 25.5 Å². The van der Waals surface area contributed by atoms with Crippen molar-refractivity contribution in [2.24, 2.45) is 7.05 Å². The van der Waals surface area contributed by atoms with Gasteiger partial charge in [0.25, 0.3) is 0 Å². The van der Waals surface area contributed by atoms with Gasteiger partial charge in [0, 0.05) is 18.8 Å². The lowest BCUT2D eigenvalue weighted by Gasteiger charge is -2.08. The molecule has 0 radical (unpaired) electrons. The van der Waals surface area contributed by atoms with Crippen LogP contribution in [0.25, 0.3) is 6.08 Å². The fourth-order valence-corrected chi connectivity index (χ4v) is 3.85. The molecule has 2 amide bonds. The molecule has 0 bridgehead atoms. The van der Waals surface area contributed by atoms with E-state index in [1.54, 1.807) is 44.0 Å². The van der Waals surface area contributed by atoms with Crippen LogP contribution in [-0.2, 0) is 23.2 Å². The lowest BCUT2D eigenvalue weighted by molar-refractivity contribution is -0.116. The third-order valence-corrected chi connectivity index (χ3v) is 6.32. The van der Waals surface area contributed by atoms with E-state index in [9.17, 15) is 9.59 Å². The standard InChI is InChI=1S/C25H29N5O4S/c1-16-6-9-19(12-17(16)2)27-24(32)15-35-25-29-28-22(30(25)3)14-26-23(31)11-8-18-7-10-20(33-4)21(13-18)34-5/h6-13H,14-15H2,1-5H3,(H,26,31)(H,27,32). The summed E-state index contributed by atoms with van der Waals surface area (Å²) in [6.45, 7) is 4.24. The first-order valence-electron chi connectivity index (χ1n) is 10.9. The highest BCUT2D eigenvalue weighted by Gasteiger charge is 2.12. The number of amides is 2. The van der Waals surface area contributed by atoms with E-state index in [1.165, 1.54) is 23.4 Å². The Morgan fingerprint density at radius 3 is 2.51 bits per heavy atom. The van der Waals surface area contributed by atoms with Gasteiger partial charge in [-0.15, -0.1) is 10.2 Å². The van der Waals surface area contributed by atoms with E-state index in [0.717, 1.165) is 16.8 Å². The monoisotopic (exact) mass is 495 g/mol. The van der Waals surface area contributed by atoms with Gasteiger partial charge in [0.2, 0.25) is 11.8 Å². The molecule has 2 aromatic carbocycles. The number of thioether (sulfide) groups is 1. The van der Waals surface area contributed by atoms with Crippen LogP contribution in [-0.4, -0.2) is 46.6 Å². The van der Waals surface area contributed by atoms with Crippen LogP contribution in [0.5, 0.6) is 11.5 Å². The van der Waals surface area contributed by atoms with E-state index in [2.05, 4.69) is 20.8 Å². The number of aromatic nitrogens is 3. The summed E-state index contributed by atoms with van der Waals surface area (Å²) in [6.07, 6.45) is 3.12. The van der Waals surface area contributed by atoms with Crippen molar-refractivity contribution in [2.75, 3.05) is 25.3 Å². The minimum atomic E-state index is -0.273. The van der Waals surface area contributed by atoms with Crippen LogP contribution in [0, 0.1) is 13.8 Å². The molecule has 0 fully saturated rings. The van der Waals surface area contributed by atoms with Gasteiger partial charge >= 0.3 is 0 Å². The minimum Gasteiger partial charge on any atom is -0.493 e. The zero-order valence-corrected chi connectivity index (χ0v) is 21.2. The zero-order valence-electron chi connectivity index (χ0n) is 20.4. The molecule has 0 aliphatic carbocycles. The van der Waals surface area contributed by atoms with E-state index in [4.69, 9.17) is 9.47 Å². The number of methoxy groups -OCH3 is 2. The Hall–Kier alpha value is -3.79. The number of hydrogen-bond donors (Lipinski definition) is 2. The number of benzene rings is 2. The molecule has 0 unspecified atom stereocenters. The number of nitrogens with zero attached hydrogens (tertiary/aromatic N) is 3. The van der Waals surface area contributed by atoms with Crippen LogP contribution in [0.3, 0.4) is 0 Å². The van der Waals surface area contributed by atoms with Gasteiger partial charge in [-0.1, -0.05) is 23.9 Å². The first-order valence-corrected chi connectivity index (χ1v) is 11.9. The summed E-state index contributed by atoms with van der Waals surface area (Å²) in [5.41, 5.74) is 3.86. The molecule has 2 N–H and O–H groups in total. The second kappa shape index (κ2) is 12.1. The van der Waals surface area contributed by atoms with Gasteiger partial charge in [-0.3, -0.25) is 9.59 Å². The molecule has 3 rings (SSSR count). The van der Waals surface area contributed by atoms with Crippen LogP contribution in [0.4, 0.5) is 5.69 Å². The van der Waals surface area contributed by atoms with Crippen molar-refractivity contribution in [3.8, 4) is 11.5 Å². The van der Waals surface area contributed by atoms with E-state index >= 15 is 0 Å². The van der Waals surface area contributed by atoms with Crippen LogP contribution >= 0.6 is 11.8 Å². The maximum absolute atomic E-state index is 12.3. The van der Waals surface area contributed by atoms with Crippen molar-refractivity contribution in [3.05, 3.63) is 65.0 Å². The Bertz CT molecular complexity index is 1240. The minimum absolute atomic E-state index is 0.128. The summed E-state index contributed by atoms with van der Waals surface area (Å²) in [6, 6.07) is 11.2. The summed E-state index contributed by atoms with van der Waals surface area (Å²) in [7, 11) is 4.92. The lowest BCUT2D eigenvalue weighted by atomic mass is 10.1. The van der Waals surface area contributed by atoms with Crippen LogP contribution in [0.1, 0.15) is 22.5 Å². The molecule has 35 heavy (non-hydrogen) atoms. The number of rotatable bonds is 10. The van der Waals surface area contributed by atoms with Crippen LogP contribution in [0.15, 0.2) is 47.6 Å². The molecular weight excluding hydrogens is 466 g/mol. The lowest BCUT2D eigenvalue weighted by Crippen LogP contribution is -2.22. The highest BCUT2D eigenvalue weighted by atomic mass is 32.2. The molecule has 184 valence electrons. The molecule has 0 spiro atoms. The van der Waals surface area contributed by atoms with E-state index < -0.39 is 0 Å². The Kier molecular flexibility index (Phi) is 8.91. The second-order valence-electron chi connectivity index (χ2n) is 7.76. The molecule has 10 heteroatoms. The van der Waals surface area contributed by atoms with Gasteiger partial charge in [0.15, 0.2) is 22.5 Å². The summed E-state index contributed by atoms with van der Waals surface area (Å²) in [4.78, 5) is 24.6. The molecule has 1 heterocycles. The Morgan fingerprint density at radius 1 is 1.03 bits per heavy atom. The average molecular weight is 496 g/mol. The SMILES string of the molecule is COc1ccc(C=CC(=O)NCc2nnc(SCC(=O)Nc3ccc(C)c(C)c3)n2C)cc1OC. The van der Waals surface area contributed by atoms with Crippen molar-refractivity contribution in [3.63, 3.8) is 0 Å². The number of aryl methyl sites for hydroxylation is 2. The topological polar surface area (TPSA) is 107 Å². The number of anilines is 1. The van der Waals surface area contributed by atoms with Gasteiger partial charge in [0.05, 0.1) is 26.5 Å². The van der Waals surface area contributed by atoms with E-state index in [0.29, 0.717) is 22.5 Å². The predicted molar refractivity (Wildman–Crippen MR) is 137 cm³/mol. The van der Waals surface area contributed by atoms with Crippen molar-refractivity contribution < 1.29 is 19.1 Å². The number of ether oxygens (including phenoxy) is 2. The Balaban J connectivity index is 1.49. The van der Waals surface area contributed by atoms with Gasteiger partial charge < -0.3 is 24.7 Å². The number of nitrogens with one attached hydrogen (secondary N) is 2. The van der Waals surface area contributed by atoms with E-state index in [-0.39, 0.29) is 24.1 Å². The third-order valence-electron chi connectivity index (χ3n) is 5.30. The summed E-state index contributed by atoms with van der Waals surface area (Å²) < 4.78 is 12.2. The summed E-state index contributed by atoms with van der Waals surface area (Å²) >= 11 is 1.28. The molecule has 0 aliphatic heterocycles. The maximum atomic E-state index is 12.3. The molecule has 1 aromatic heterocycles. The molecule has 3 aromatic rings. The average Bonchev–Trinajstić information content (AvgIpc) is 3.21. The van der Waals surface area contributed by atoms with Gasteiger partial charge in [0.1, 0.15) is 0 Å². The zero-order chi connectivity index (χ0) is 25.4. The number of carbonyl (C=O) groups is 2. The molecule has 0 saturated carbocycles. The molecule has 0 atom stereocenters. The van der Waals surface area contributed by atoms with Crippen LogP contribution in [0.2, 0.25) is 0 Å². The molecule has 9 nitrogen and oxygen atoms in total. The summed E-state index contributed by atoms with van der Waals surface area (Å²) in [5, 5.41) is 14.5. The van der Waals surface area contributed by atoms with Crippen molar-refractivity contribution in [1.29, 1.82) is 0 Å². The van der Waals surface area contributed by atoms with Crippen molar-refractivity contribution in [1.82, 2.24) is 20.1 Å². The quantitative estimate of drug-likeness (QED) is 0.327.